The van der Waals surface area contributed by atoms with E-state index in [-0.39, 0.29) is 12.5 Å². The van der Waals surface area contributed by atoms with Crippen molar-refractivity contribution < 1.29 is 27.8 Å². The summed E-state index contributed by atoms with van der Waals surface area (Å²) >= 11 is 0. The number of aliphatic hydroxyl groups is 1. The van der Waals surface area contributed by atoms with Crippen LogP contribution < -0.4 is 0 Å². The minimum atomic E-state index is -4.58. The molecule has 0 bridgehead atoms. The number of methoxy groups -OCH3 is 1. The topological polar surface area (TPSA) is 53.0 Å². The Morgan fingerprint density at radius 1 is 1.28 bits per heavy atom. The molecule has 0 amide bonds. The molecule has 1 aliphatic heterocycles. The largest absolute Gasteiger partial charge is 0.468 e. The zero-order valence-electron chi connectivity index (χ0n) is 10.1. The molecule has 0 aromatic rings. The number of β-amino-alcohol motifs (C(OH)–C–C–N with tert-alkyl or cyclic N) is 1. The highest BCUT2D eigenvalue weighted by molar-refractivity contribution is 5.71. The average molecular weight is 270 g/mol. The molecule has 1 saturated heterocycles. The van der Waals surface area contributed by atoms with Gasteiger partial charge in [-0.3, -0.25) is 14.6 Å². The first-order valence-corrected chi connectivity index (χ1v) is 5.59. The van der Waals surface area contributed by atoms with Gasteiger partial charge >= 0.3 is 12.1 Å². The third-order valence-corrected chi connectivity index (χ3v) is 2.85. The van der Waals surface area contributed by atoms with E-state index in [1.165, 1.54) is 12.0 Å². The molecule has 1 heterocycles. The summed E-state index contributed by atoms with van der Waals surface area (Å²) in [5, 5.41) is 8.93. The fourth-order valence-corrected chi connectivity index (χ4v) is 1.73. The highest BCUT2D eigenvalue weighted by atomic mass is 19.4. The lowest BCUT2D eigenvalue weighted by atomic mass is 10.2. The van der Waals surface area contributed by atoms with Crippen molar-refractivity contribution in [3.63, 3.8) is 0 Å². The van der Waals surface area contributed by atoms with Crippen molar-refractivity contribution in [2.45, 2.75) is 12.3 Å². The lowest BCUT2D eigenvalue weighted by molar-refractivity contribution is -0.208. The second-order valence-corrected chi connectivity index (χ2v) is 4.21. The van der Waals surface area contributed by atoms with Crippen LogP contribution in [0, 0.1) is 0 Å². The summed E-state index contributed by atoms with van der Waals surface area (Å²) in [5.41, 5.74) is 0. The molecular weight excluding hydrogens is 253 g/mol. The highest BCUT2D eigenvalue weighted by Gasteiger charge is 2.39. The predicted molar refractivity (Wildman–Crippen MR) is 57.0 cm³/mol. The summed E-state index contributed by atoms with van der Waals surface area (Å²) in [6, 6.07) is 0. The van der Waals surface area contributed by atoms with E-state index in [1.807, 2.05) is 4.90 Å². The monoisotopic (exact) mass is 270 g/mol. The molecule has 1 atom stereocenters. The van der Waals surface area contributed by atoms with E-state index in [1.54, 1.807) is 0 Å². The maximum atomic E-state index is 12.2. The van der Waals surface area contributed by atoms with Crippen LogP contribution in [-0.2, 0) is 9.53 Å². The smallest absolute Gasteiger partial charge is 0.415 e. The first-order chi connectivity index (χ1) is 8.32. The second kappa shape index (κ2) is 6.35. The first kappa shape index (κ1) is 15.2. The SMILES string of the molecule is COC(=O)CN1CCN(CC(O)C(F)(F)F)CC1. The van der Waals surface area contributed by atoms with Crippen LogP contribution in [0.4, 0.5) is 13.2 Å². The number of esters is 1. The quantitative estimate of drug-likeness (QED) is 0.711. The fourth-order valence-electron chi connectivity index (χ4n) is 1.73. The Labute approximate surface area is 103 Å². The number of aliphatic hydroxyl groups excluding tert-OH is 1. The Hall–Kier alpha value is -0.860. The van der Waals surface area contributed by atoms with Crippen LogP contribution in [0.5, 0.6) is 0 Å². The Kier molecular flexibility index (Phi) is 5.36. The Morgan fingerprint density at radius 2 is 1.78 bits per heavy atom. The van der Waals surface area contributed by atoms with Gasteiger partial charge in [0.05, 0.1) is 13.7 Å². The zero-order chi connectivity index (χ0) is 13.8. The number of nitrogens with zero attached hydrogens (tertiary/aromatic N) is 2. The molecule has 5 nitrogen and oxygen atoms in total. The molecule has 0 aliphatic carbocycles. The molecule has 1 rings (SSSR count). The molecule has 0 aromatic heterocycles. The van der Waals surface area contributed by atoms with Gasteiger partial charge in [-0.15, -0.1) is 0 Å². The Balaban J connectivity index is 2.29. The van der Waals surface area contributed by atoms with Crippen molar-refractivity contribution in [1.29, 1.82) is 0 Å². The van der Waals surface area contributed by atoms with Gasteiger partial charge in [-0.2, -0.15) is 13.2 Å². The van der Waals surface area contributed by atoms with E-state index >= 15 is 0 Å². The lowest BCUT2D eigenvalue weighted by Gasteiger charge is -2.35. The van der Waals surface area contributed by atoms with Gasteiger partial charge in [-0.05, 0) is 0 Å². The van der Waals surface area contributed by atoms with Gasteiger partial charge in [0, 0.05) is 32.7 Å². The molecule has 18 heavy (non-hydrogen) atoms. The molecule has 0 aromatic carbocycles. The highest BCUT2D eigenvalue weighted by Crippen LogP contribution is 2.21. The van der Waals surface area contributed by atoms with Crippen molar-refractivity contribution in [2.24, 2.45) is 0 Å². The van der Waals surface area contributed by atoms with Crippen molar-refractivity contribution in [3.8, 4) is 0 Å². The number of carbonyl (C=O) groups is 1. The Bertz CT molecular complexity index is 278. The third-order valence-electron chi connectivity index (χ3n) is 2.85. The lowest BCUT2D eigenvalue weighted by Crippen LogP contribution is -2.51. The van der Waals surface area contributed by atoms with Gasteiger partial charge < -0.3 is 9.84 Å². The molecule has 1 aliphatic rings. The molecule has 1 unspecified atom stereocenters. The Morgan fingerprint density at radius 3 is 2.22 bits per heavy atom. The number of rotatable bonds is 4. The summed E-state index contributed by atoms with van der Waals surface area (Å²) in [6.45, 7) is 1.48. The van der Waals surface area contributed by atoms with Gasteiger partial charge in [-0.25, -0.2) is 0 Å². The molecular formula is C10H17F3N2O3. The maximum absolute atomic E-state index is 12.2. The van der Waals surface area contributed by atoms with Crippen LogP contribution in [-0.4, -0.2) is 79.5 Å². The van der Waals surface area contributed by atoms with E-state index in [0.717, 1.165) is 0 Å². The molecule has 1 fully saturated rings. The molecule has 0 radical (unpaired) electrons. The van der Waals surface area contributed by atoms with Crippen LogP contribution in [0.2, 0.25) is 0 Å². The van der Waals surface area contributed by atoms with Crippen molar-refractivity contribution in [3.05, 3.63) is 0 Å². The van der Waals surface area contributed by atoms with E-state index < -0.39 is 18.8 Å². The van der Waals surface area contributed by atoms with Gasteiger partial charge in [0.1, 0.15) is 0 Å². The number of halogens is 3. The van der Waals surface area contributed by atoms with E-state index in [2.05, 4.69) is 4.74 Å². The van der Waals surface area contributed by atoms with Crippen LogP contribution >= 0.6 is 0 Å². The molecule has 0 spiro atoms. The summed E-state index contributed by atoms with van der Waals surface area (Å²) in [5.74, 6) is -0.362. The van der Waals surface area contributed by atoms with Crippen LogP contribution in [0.3, 0.4) is 0 Å². The normalized spacial score (nSPS) is 20.7. The van der Waals surface area contributed by atoms with E-state index in [0.29, 0.717) is 26.2 Å². The van der Waals surface area contributed by atoms with Gasteiger partial charge in [0.15, 0.2) is 6.10 Å². The molecule has 1 N–H and O–H groups in total. The van der Waals surface area contributed by atoms with Crippen molar-refractivity contribution in [2.75, 3.05) is 46.4 Å². The van der Waals surface area contributed by atoms with Crippen molar-refractivity contribution >= 4 is 5.97 Å². The maximum Gasteiger partial charge on any atom is 0.415 e. The second-order valence-electron chi connectivity index (χ2n) is 4.21. The van der Waals surface area contributed by atoms with Gasteiger partial charge in [0.2, 0.25) is 0 Å². The van der Waals surface area contributed by atoms with Crippen LogP contribution in [0.1, 0.15) is 0 Å². The van der Waals surface area contributed by atoms with Crippen molar-refractivity contribution in [1.82, 2.24) is 9.80 Å². The molecule has 106 valence electrons. The molecule has 8 heteroatoms. The van der Waals surface area contributed by atoms with E-state index in [4.69, 9.17) is 5.11 Å². The number of carbonyl (C=O) groups excluding carboxylic acids is 1. The molecule has 0 saturated carbocycles. The summed E-state index contributed by atoms with van der Waals surface area (Å²) in [7, 11) is 1.29. The number of ether oxygens (including phenoxy) is 1. The predicted octanol–water partition coefficient (Wildman–Crippen LogP) is -0.300. The minimum absolute atomic E-state index is 0.145. The van der Waals surface area contributed by atoms with Crippen LogP contribution in [0.25, 0.3) is 0 Å². The van der Waals surface area contributed by atoms with E-state index in [9.17, 15) is 18.0 Å². The zero-order valence-corrected chi connectivity index (χ0v) is 10.1. The van der Waals surface area contributed by atoms with Gasteiger partial charge in [0.25, 0.3) is 0 Å². The third kappa shape index (κ3) is 4.79. The number of hydrogen-bond acceptors (Lipinski definition) is 5. The number of alkyl halides is 3. The van der Waals surface area contributed by atoms with Gasteiger partial charge in [-0.1, -0.05) is 0 Å². The van der Waals surface area contributed by atoms with Crippen LogP contribution in [0.15, 0.2) is 0 Å². The number of hydrogen-bond donors (Lipinski definition) is 1. The summed E-state index contributed by atoms with van der Waals surface area (Å²) in [4.78, 5) is 14.3. The standard InChI is InChI=1S/C10H17F3N2O3/c1-18-9(17)7-15-4-2-14(3-5-15)6-8(16)10(11,12)13/h8,16H,2-7H2,1H3. The number of piperazine rings is 1. The summed E-state index contributed by atoms with van der Waals surface area (Å²) in [6.07, 6.45) is -6.90. The fraction of sp³-hybridized carbons (Fsp3) is 0.900. The average Bonchev–Trinajstić information content (AvgIpc) is 2.30. The first-order valence-electron chi connectivity index (χ1n) is 5.59. The summed E-state index contributed by atoms with van der Waals surface area (Å²) < 4.78 is 41.0. The minimum Gasteiger partial charge on any atom is -0.468 e.